The molecule has 0 fully saturated rings. The standard InChI is InChI=1S/C15H16BrN5O4S/c16-10-8-18-15-20-9-6-11-13(25-5-4-24-11)12(7-9)26(22,23)19-3-1-2-17-14(10)21-15/h6-8,19H,1-5H2,(H2,17,18,20,21). The highest BCUT2D eigenvalue weighted by atomic mass is 79.9. The maximum absolute atomic E-state index is 12.7. The van der Waals surface area contributed by atoms with Crippen LogP contribution in [-0.4, -0.2) is 44.7 Å². The lowest BCUT2D eigenvalue weighted by Gasteiger charge is -2.22. The van der Waals surface area contributed by atoms with Gasteiger partial charge in [0.25, 0.3) is 0 Å². The molecular weight excluding hydrogens is 426 g/mol. The van der Waals surface area contributed by atoms with Crippen molar-refractivity contribution in [3.63, 3.8) is 0 Å². The normalized spacial score (nSPS) is 18.3. The SMILES string of the molecule is O=S1(=O)NCCCNc2nc(ncc2Br)Nc2cc3c(c1c2)OCCO3. The van der Waals surface area contributed by atoms with E-state index in [2.05, 4.69) is 41.3 Å². The second kappa shape index (κ2) is 6.89. The zero-order valence-corrected chi connectivity index (χ0v) is 16.0. The van der Waals surface area contributed by atoms with E-state index < -0.39 is 10.0 Å². The summed E-state index contributed by atoms with van der Waals surface area (Å²) in [7, 11) is -3.76. The van der Waals surface area contributed by atoms with Crippen molar-refractivity contribution in [1.29, 1.82) is 0 Å². The van der Waals surface area contributed by atoms with Gasteiger partial charge in [0.2, 0.25) is 16.0 Å². The third-order valence-electron chi connectivity index (χ3n) is 3.84. The number of benzene rings is 1. The summed E-state index contributed by atoms with van der Waals surface area (Å²) in [6, 6.07) is 3.16. The summed E-state index contributed by atoms with van der Waals surface area (Å²) >= 11 is 3.40. The van der Waals surface area contributed by atoms with Crippen LogP contribution in [0.3, 0.4) is 0 Å². The van der Waals surface area contributed by atoms with E-state index in [-0.39, 0.29) is 17.2 Å². The summed E-state index contributed by atoms with van der Waals surface area (Å²) in [5, 5.41) is 6.19. The van der Waals surface area contributed by atoms with Gasteiger partial charge in [0.1, 0.15) is 23.9 Å². The predicted octanol–water partition coefficient (Wildman–Crippen LogP) is 1.85. The van der Waals surface area contributed by atoms with E-state index in [1.54, 1.807) is 12.3 Å². The Labute approximate surface area is 158 Å². The number of rotatable bonds is 0. The van der Waals surface area contributed by atoms with Crippen LogP contribution in [0.15, 0.2) is 27.7 Å². The molecule has 11 heteroatoms. The van der Waals surface area contributed by atoms with Crippen LogP contribution in [0.4, 0.5) is 17.5 Å². The number of halogens is 1. The van der Waals surface area contributed by atoms with Crippen LogP contribution in [0.5, 0.6) is 11.5 Å². The molecule has 3 heterocycles. The summed E-state index contributed by atoms with van der Waals surface area (Å²) in [5.74, 6) is 1.55. The second-order valence-electron chi connectivity index (χ2n) is 5.69. The Kier molecular flexibility index (Phi) is 4.59. The quantitative estimate of drug-likeness (QED) is 0.567. The van der Waals surface area contributed by atoms with Crippen molar-refractivity contribution in [2.75, 3.05) is 36.9 Å². The van der Waals surface area contributed by atoms with Gasteiger partial charge < -0.3 is 20.1 Å². The summed E-state index contributed by atoms with van der Waals surface area (Å²) in [5.41, 5.74) is 0.488. The first-order valence-corrected chi connectivity index (χ1v) is 10.3. The Hall–Kier alpha value is -2.11. The summed E-state index contributed by atoms with van der Waals surface area (Å²) in [4.78, 5) is 8.66. The average Bonchev–Trinajstić information content (AvgIpc) is 2.63. The lowest BCUT2D eigenvalue weighted by Crippen LogP contribution is -2.28. The highest BCUT2D eigenvalue weighted by molar-refractivity contribution is 9.10. The van der Waals surface area contributed by atoms with E-state index in [0.29, 0.717) is 49.4 Å². The molecule has 0 atom stereocenters. The summed E-state index contributed by atoms with van der Waals surface area (Å²) in [6.45, 7) is 1.47. The van der Waals surface area contributed by atoms with Gasteiger partial charge >= 0.3 is 0 Å². The second-order valence-corrected chi connectivity index (χ2v) is 8.28. The minimum absolute atomic E-state index is 0.0294. The highest BCUT2D eigenvalue weighted by Gasteiger charge is 2.27. The van der Waals surface area contributed by atoms with Crippen molar-refractivity contribution >= 4 is 43.4 Å². The smallest absolute Gasteiger partial charge is 0.244 e. The van der Waals surface area contributed by atoms with Crippen molar-refractivity contribution in [2.45, 2.75) is 11.3 Å². The van der Waals surface area contributed by atoms with E-state index in [9.17, 15) is 8.42 Å². The molecule has 2 aliphatic rings. The van der Waals surface area contributed by atoms with Crippen molar-refractivity contribution in [1.82, 2.24) is 14.7 Å². The molecule has 138 valence electrons. The van der Waals surface area contributed by atoms with Gasteiger partial charge in [-0.3, -0.25) is 0 Å². The Morgan fingerprint density at radius 2 is 2.00 bits per heavy atom. The number of nitrogens with one attached hydrogen (secondary N) is 3. The third-order valence-corrected chi connectivity index (χ3v) is 5.88. The van der Waals surface area contributed by atoms with Crippen molar-refractivity contribution in [3.8, 4) is 11.5 Å². The molecule has 2 aliphatic heterocycles. The molecule has 4 bridgehead atoms. The number of hydrogen-bond donors (Lipinski definition) is 3. The minimum atomic E-state index is -3.76. The van der Waals surface area contributed by atoms with Crippen LogP contribution in [0.1, 0.15) is 6.42 Å². The molecule has 9 nitrogen and oxygen atoms in total. The molecule has 0 unspecified atom stereocenters. The van der Waals surface area contributed by atoms with Crippen LogP contribution in [0.2, 0.25) is 0 Å². The van der Waals surface area contributed by atoms with Gasteiger partial charge in [0.15, 0.2) is 11.5 Å². The Balaban J connectivity index is 1.84. The van der Waals surface area contributed by atoms with Gasteiger partial charge in [-0.05, 0) is 28.4 Å². The van der Waals surface area contributed by atoms with Crippen molar-refractivity contribution in [3.05, 3.63) is 22.8 Å². The molecule has 0 saturated carbocycles. The van der Waals surface area contributed by atoms with Gasteiger partial charge in [-0.1, -0.05) is 0 Å². The molecule has 1 aromatic heterocycles. The largest absolute Gasteiger partial charge is 0.486 e. The van der Waals surface area contributed by atoms with Crippen LogP contribution in [-0.2, 0) is 10.0 Å². The molecule has 0 amide bonds. The van der Waals surface area contributed by atoms with Gasteiger partial charge in [0.05, 0.1) is 4.47 Å². The number of sulfonamides is 1. The Morgan fingerprint density at radius 1 is 1.15 bits per heavy atom. The number of anilines is 3. The van der Waals surface area contributed by atoms with Gasteiger partial charge in [0, 0.05) is 31.0 Å². The molecule has 4 rings (SSSR count). The lowest BCUT2D eigenvalue weighted by atomic mass is 10.2. The number of hydrogen-bond acceptors (Lipinski definition) is 8. The van der Waals surface area contributed by atoms with Crippen LogP contribution in [0.25, 0.3) is 0 Å². The summed E-state index contributed by atoms with van der Waals surface area (Å²) in [6.07, 6.45) is 2.21. The monoisotopic (exact) mass is 441 g/mol. The zero-order valence-electron chi connectivity index (χ0n) is 13.6. The maximum Gasteiger partial charge on any atom is 0.244 e. The van der Waals surface area contributed by atoms with E-state index in [0.717, 1.165) is 4.47 Å². The number of aromatic nitrogens is 2. The Morgan fingerprint density at radius 3 is 2.88 bits per heavy atom. The molecule has 3 N–H and O–H groups in total. The van der Waals surface area contributed by atoms with E-state index in [1.807, 2.05) is 0 Å². The first-order chi connectivity index (χ1) is 12.5. The molecule has 0 spiro atoms. The first kappa shape index (κ1) is 17.3. The molecular formula is C15H16BrN5O4S. The topological polar surface area (TPSA) is 114 Å². The average molecular weight is 442 g/mol. The van der Waals surface area contributed by atoms with Gasteiger partial charge in [-0.25, -0.2) is 18.1 Å². The van der Waals surface area contributed by atoms with Crippen molar-refractivity contribution in [2.24, 2.45) is 0 Å². The van der Waals surface area contributed by atoms with E-state index in [1.165, 1.54) is 6.07 Å². The third kappa shape index (κ3) is 3.41. The van der Waals surface area contributed by atoms with E-state index >= 15 is 0 Å². The predicted molar refractivity (Wildman–Crippen MR) is 98.7 cm³/mol. The van der Waals surface area contributed by atoms with E-state index in [4.69, 9.17) is 9.47 Å². The van der Waals surface area contributed by atoms with Gasteiger partial charge in [-0.2, -0.15) is 4.98 Å². The molecule has 0 radical (unpaired) electrons. The van der Waals surface area contributed by atoms with Crippen LogP contribution >= 0.6 is 15.9 Å². The molecule has 26 heavy (non-hydrogen) atoms. The van der Waals surface area contributed by atoms with Crippen molar-refractivity contribution < 1.29 is 17.9 Å². The lowest BCUT2D eigenvalue weighted by molar-refractivity contribution is 0.167. The maximum atomic E-state index is 12.7. The highest BCUT2D eigenvalue weighted by Crippen LogP contribution is 2.40. The summed E-state index contributed by atoms with van der Waals surface area (Å²) < 4.78 is 40.0. The number of ether oxygens (including phenoxy) is 2. The van der Waals surface area contributed by atoms with Crippen LogP contribution < -0.4 is 24.8 Å². The number of nitrogens with zero attached hydrogens (tertiary/aromatic N) is 2. The zero-order chi connectivity index (χ0) is 18.1. The minimum Gasteiger partial charge on any atom is -0.486 e. The Bertz CT molecular complexity index is 953. The van der Waals surface area contributed by atoms with Crippen LogP contribution in [0, 0.1) is 0 Å². The molecule has 0 aliphatic carbocycles. The number of fused-ring (bicyclic) bond motifs is 6. The fourth-order valence-electron chi connectivity index (χ4n) is 2.65. The fraction of sp³-hybridized carbons (Fsp3) is 0.333. The van der Waals surface area contributed by atoms with Gasteiger partial charge in [-0.15, -0.1) is 0 Å². The molecule has 2 aromatic rings. The fourth-order valence-corrected chi connectivity index (χ4v) is 4.24. The first-order valence-electron chi connectivity index (χ1n) is 8.00. The molecule has 1 aromatic carbocycles. The molecule has 0 saturated heterocycles.